The van der Waals surface area contributed by atoms with Gasteiger partial charge in [-0.05, 0) is 37.8 Å². The summed E-state index contributed by atoms with van der Waals surface area (Å²) in [5.41, 5.74) is -0.296. The molecule has 2 fully saturated rings. The third-order valence-electron chi connectivity index (χ3n) is 6.03. The molecule has 32 heavy (non-hydrogen) atoms. The van der Waals surface area contributed by atoms with Crippen molar-refractivity contribution in [3.63, 3.8) is 0 Å². The molecule has 1 aliphatic carbocycles. The number of anilines is 1. The summed E-state index contributed by atoms with van der Waals surface area (Å²) >= 11 is 5.63. The fraction of sp³-hybridized carbons (Fsp3) is 0.524. The Morgan fingerprint density at radius 2 is 1.84 bits per heavy atom. The molecule has 1 aliphatic heterocycles. The van der Waals surface area contributed by atoms with Crippen molar-refractivity contribution >= 4 is 44.2 Å². The van der Waals surface area contributed by atoms with Crippen LogP contribution in [0.4, 0.5) is 10.1 Å². The van der Waals surface area contributed by atoms with Gasteiger partial charge < -0.3 is 14.6 Å². The third kappa shape index (κ3) is 4.49. The number of unbranched alkanes of at least 4 members (excludes halogenated alkanes) is 1. The van der Waals surface area contributed by atoms with E-state index in [-0.39, 0.29) is 41.5 Å². The van der Waals surface area contributed by atoms with Crippen LogP contribution in [0.25, 0.3) is 10.9 Å². The Labute approximate surface area is 190 Å². The van der Waals surface area contributed by atoms with Gasteiger partial charge in [0.2, 0.25) is 15.5 Å². The summed E-state index contributed by atoms with van der Waals surface area (Å²) in [6.45, 7) is 1.12. The Morgan fingerprint density at radius 1 is 1.16 bits per heavy atom. The Kier molecular flexibility index (Phi) is 6.46. The molecule has 1 aromatic carbocycles. The van der Waals surface area contributed by atoms with Crippen LogP contribution < -0.4 is 10.3 Å². The van der Waals surface area contributed by atoms with Crippen molar-refractivity contribution in [1.29, 1.82) is 0 Å². The summed E-state index contributed by atoms with van der Waals surface area (Å²) in [6, 6.07) is 2.78. The number of aromatic nitrogens is 1. The number of carbonyl (C=O) groups is 1. The summed E-state index contributed by atoms with van der Waals surface area (Å²) in [5, 5.41) is 9.40. The van der Waals surface area contributed by atoms with Crippen molar-refractivity contribution in [3.05, 3.63) is 39.9 Å². The molecular weight excluding hydrogens is 461 g/mol. The number of nitrogens with zero attached hydrogens (tertiary/aromatic N) is 3. The number of hydrogen-bond donors (Lipinski definition) is 1. The molecule has 11 heteroatoms. The maximum absolute atomic E-state index is 15.0. The first-order valence-electron chi connectivity index (χ1n) is 10.6. The monoisotopic (exact) mass is 485 g/mol. The number of piperazine rings is 1. The van der Waals surface area contributed by atoms with Crippen LogP contribution in [0.1, 0.15) is 42.1 Å². The summed E-state index contributed by atoms with van der Waals surface area (Å²) in [7, 11) is -3.38. The standard InChI is InChI=1S/C21H25ClFN3O5S/c22-5-1-2-10-32(30,31)25-8-6-24(7-9-25)19-12-18-15(11-17(19)23)20(27)16(21(28)29)13-26(18)14-3-4-14/h11-14H,1-10H2,(H,28,29). The van der Waals surface area contributed by atoms with Crippen LogP contribution in [-0.4, -0.2) is 66.2 Å². The second kappa shape index (κ2) is 8.99. The molecule has 4 rings (SSSR count). The lowest BCUT2D eigenvalue weighted by atomic mass is 10.1. The lowest BCUT2D eigenvalue weighted by molar-refractivity contribution is 0.0695. The minimum absolute atomic E-state index is 0.0403. The largest absolute Gasteiger partial charge is 0.477 e. The van der Waals surface area contributed by atoms with Gasteiger partial charge in [-0.1, -0.05) is 0 Å². The topological polar surface area (TPSA) is 99.9 Å². The number of fused-ring (bicyclic) bond motifs is 1. The van der Waals surface area contributed by atoms with E-state index in [9.17, 15) is 23.1 Å². The number of benzene rings is 1. The van der Waals surface area contributed by atoms with Crippen LogP contribution in [0.5, 0.6) is 0 Å². The number of aromatic carboxylic acids is 1. The zero-order chi connectivity index (χ0) is 23.0. The molecule has 2 heterocycles. The summed E-state index contributed by atoms with van der Waals surface area (Å²) in [4.78, 5) is 25.9. The zero-order valence-electron chi connectivity index (χ0n) is 17.5. The Bertz CT molecular complexity index is 1200. The highest BCUT2D eigenvalue weighted by Gasteiger charge is 2.30. The molecule has 2 aromatic rings. The molecule has 174 valence electrons. The molecule has 1 N–H and O–H groups in total. The molecule has 0 bridgehead atoms. The second-order valence-corrected chi connectivity index (χ2v) is 10.7. The lowest BCUT2D eigenvalue weighted by Crippen LogP contribution is -2.49. The molecule has 0 atom stereocenters. The van der Waals surface area contributed by atoms with Crippen molar-refractivity contribution < 1.29 is 22.7 Å². The maximum Gasteiger partial charge on any atom is 0.341 e. The van der Waals surface area contributed by atoms with E-state index in [1.54, 1.807) is 15.5 Å². The third-order valence-corrected chi connectivity index (χ3v) is 8.25. The van der Waals surface area contributed by atoms with Crippen LogP contribution >= 0.6 is 11.6 Å². The number of hydrogen-bond acceptors (Lipinski definition) is 5. The molecular formula is C21H25ClFN3O5S. The van der Waals surface area contributed by atoms with Crippen molar-refractivity contribution in [2.75, 3.05) is 42.7 Å². The van der Waals surface area contributed by atoms with E-state index in [1.807, 2.05) is 0 Å². The van der Waals surface area contributed by atoms with Crippen molar-refractivity contribution in [1.82, 2.24) is 8.87 Å². The smallest absolute Gasteiger partial charge is 0.341 e. The van der Waals surface area contributed by atoms with Gasteiger partial charge in [-0.15, -0.1) is 11.6 Å². The maximum atomic E-state index is 15.0. The molecule has 1 saturated heterocycles. The van der Waals surface area contributed by atoms with E-state index < -0.39 is 27.2 Å². The van der Waals surface area contributed by atoms with Gasteiger partial charge in [0.15, 0.2) is 0 Å². The predicted molar refractivity (Wildman–Crippen MR) is 121 cm³/mol. The van der Waals surface area contributed by atoms with Gasteiger partial charge in [-0.3, -0.25) is 4.79 Å². The van der Waals surface area contributed by atoms with Crippen LogP contribution in [0.3, 0.4) is 0 Å². The Balaban J connectivity index is 1.61. The predicted octanol–water partition coefficient (Wildman–Crippen LogP) is 2.64. The molecule has 1 aromatic heterocycles. The Morgan fingerprint density at radius 3 is 2.44 bits per heavy atom. The summed E-state index contributed by atoms with van der Waals surface area (Å²) in [5.74, 6) is -1.49. The molecule has 8 nitrogen and oxygen atoms in total. The molecule has 1 saturated carbocycles. The first kappa shape index (κ1) is 23.0. The summed E-state index contributed by atoms with van der Waals surface area (Å²) < 4.78 is 43.2. The number of halogens is 2. The lowest BCUT2D eigenvalue weighted by Gasteiger charge is -2.35. The average Bonchev–Trinajstić information content (AvgIpc) is 3.59. The quantitative estimate of drug-likeness (QED) is 0.456. The van der Waals surface area contributed by atoms with Gasteiger partial charge in [0.1, 0.15) is 11.4 Å². The molecule has 0 unspecified atom stereocenters. The van der Waals surface area contributed by atoms with Gasteiger partial charge in [0.05, 0.1) is 17.0 Å². The number of pyridine rings is 1. The first-order chi connectivity index (χ1) is 15.2. The average molecular weight is 486 g/mol. The number of rotatable bonds is 8. The van der Waals surface area contributed by atoms with E-state index in [0.29, 0.717) is 37.3 Å². The van der Waals surface area contributed by atoms with E-state index in [2.05, 4.69) is 0 Å². The zero-order valence-corrected chi connectivity index (χ0v) is 19.0. The molecule has 2 aliphatic rings. The number of carboxylic acids is 1. The van der Waals surface area contributed by atoms with Gasteiger partial charge in [-0.2, -0.15) is 4.31 Å². The normalized spacial score (nSPS) is 17.8. The highest BCUT2D eigenvalue weighted by Crippen LogP contribution is 2.38. The number of carboxylic acid groups (broad SMARTS) is 1. The number of alkyl halides is 1. The Hall–Kier alpha value is -2.17. The highest BCUT2D eigenvalue weighted by atomic mass is 35.5. The fourth-order valence-corrected chi connectivity index (χ4v) is 5.86. The van der Waals surface area contributed by atoms with Gasteiger partial charge in [-0.25, -0.2) is 17.6 Å². The van der Waals surface area contributed by atoms with Gasteiger partial charge in [0.25, 0.3) is 0 Å². The highest BCUT2D eigenvalue weighted by molar-refractivity contribution is 7.89. The molecule has 0 radical (unpaired) electrons. The molecule has 0 spiro atoms. The summed E-state index contributed by atoms with van der Waals surface area (Å²) in [6.07, 6.45) is 4.21. The van der Waals surface area contributed by atoms with Gasteiger partial charge in [0, 0.05) is 49.7 Å². The van der Waals surface area contributed by atoms with E-state index >= 15 is 4.39 Å². The van der Waals surface area contributed by atoms with E-state index in [1.165, 1.54) is 10.5 Å². The van der Waals surface area contributed by atoms with Crippen LogP contribution in [0.2, 0.25) is 0 Å². The minimum atomic E-state index is -3.38. The second-order valence-electron chi connectivity index (χ2n) is 8.23. The van der Waals surface area contributed by atoms with Crippen molar-refractivity contribution in [2.24, 2.45) is 0 Å². The minimum Gasteiger partial charge on any atom is -0.477 e. The SMILES string of the molecule is O=C(O)c1cn(C2CC2)c2cc(N3CCN(S(=O)(=O)CCCCCl)CC3)c(F)cc2c1=O. The van der Waals surface area contributed by atoms with Crippen LogP contribution in [0, 0.1) is 5.82 Å². The van der Waals surface area contributed by atoms with Gasteiger partial charge >= 0.3 is 5.97 Å². The van der Waals surface area contributed by atoms with Crippen molar-refractivity contribution in [2.45, 2.75) is 31.7 Å². The first-order valence-corrected chi connectivity index (χ1v) is 12.8. The fourth-order valence-electron chi connectivity index (χ4n) is 4.12. The number of sulfonamides is 1. The van der Waals surface area contributed by atoms with E-state index in [0.717, 1.165) is 18.9 Å². The van der Waals surface area contributed by atoms with E-state index in [4.69, 9.17) is 11.6 Å². The molecule has 0 amide bonds. The van der Waals surface area contributed by atoms with Crippen molar-refractivity contribution in [3.8, 4) is 0 Å². The van der Waals surface area contributed by atoms with Crippen LogP contribution in [-0.2, 0) is 10.0 Å². The van der Waals surface area contributed by atoms with Crippen LogP contribution in [0.15, 0.2) is 23.1 Å².